The van der Waals surface area contributed by atoms with Gasteiger partial charge in [-0.25, -0.2) is 8.78 Å². The van der Waals surface area contributed by atoms with E-state index in [-0.39, 0.29) is 6.04 Å². The lowest BCUT2D eigenvalue weighted by Crippen LogP contribution is -2.14. The molecule has 19 heavy (non-hydrogen) atoms. The smallest absolute Gasteiger partial charge is 0.159 e. The predicted octanol–water partition coefficient (Wildman–Crippen LogP) is 4.17. The van der Waals surface area contributed by atoms with Crippen LogP contribution < -0.4 is 5.73 Å². The highest BCUT2D eigenvalue weighted by Crippen LogP contribution is 2.23. The van der Waals surface area contributed by atoms with Crippen molar-refractivity contribution >= 4 is 11.6 Å². The Kier molecular flexibility index (Phi) is 4.17. The van der Waals surface area contributed by atoms with Crippen molar-refractivity contribution in [3.05, 3.63) is 69.7 Å². The Morgan fingerprint density at radius 3 is 2.47 bits per heavy atom. The van der Waals surface area contributed by atoms with Crippen LogP contribution in [-0.4, -0.2) is 0 Å². The van der Waals surface area contributed by atoms with Gasteiger partial charge in [0.2, 0.25) is 0 Å². The Bertz CT molecular complexity index is 599. The van der Waals surface area contributed by atoms with Crippen LogP contribution in [0.1, 0.15) is 22.7 Å². The van der Waals surface area contributed by atoms with Crippen molar-refractivity contribution in [3.63, 3.8) is 0 Å². The Labute approximate surface area is 116 Å². The number of aryl methyl sites for hydroxylation is 1. The van der Waals surface area contributed by atoms with E-state index in [1.165, 1.54) is 6.07 Å². The SMILES string of the molecule is Cc1cc(Cl)ccc1C(N)Cc1ccc(F)c(F)c1. The van der Waals surface area contributed by atoms with Crippen molar-refractivity contribution in [3.8, 4) is 0 Å². The molecule has 0 bridgehead atoms. The molecule has 1 nitrogen and oxygen atoms in total. The first kappa shape index (κ1) is 14.0. The first-order valence-electron chi connectivity index (χ1n) is 5.93. The van der Waals surface area contributed by atoms with E-state index in [1.807, 2.05) is 19.1 Å². The number of hydrogen-bond donors (Lipinski definition) is 1. The van der Waals surface area contributed by atoms with E-state index in [2.05, 4.69) is 0 Å². The highest BCUT2D eigenvalue weighted by Gasteiger charge is 2.11. The summed E-state index contributed by atoms with van der Waals surface area (Å²) in [6, 6.07) is 9.04. The van der Waals surface area contributed by atoms with Crippen molar-refractivity contribution in [2.24, 2.45) is 5.73 Å². The van der Waals surface area contributed by atoms with Gasteiger partial charge in [-0.3, -0.25) is 0 Å². The van der Waals surface area contributed by atoms with Crippen LogP contribution in [0.15, 0.2) is 36.4 Å². The number of halogens is 3. The van der Waals surface area contributed by atoms with Crippen LogP contribution in [0.4, 0.5) is 8.78 Å². The first-order valence-corrected chi connectivity index (χ1v) is 6.30. The van der Waals surface area contributed by atoms with E-state index in [1.54, 1.807) is 12.1 Å². The second-order valence-corrected chi connectivity index (χ2v) is 5.00. The average Bonchev–Trinajstić information content (AvgIpc) is 2.33. The maximum absolute atomic E-state index is 13.1. The van der Waals surface area contributed by atoms with Gasteiger partial charge >= 0.3 is 0 Å². The van der Waals surface area contributed by atoms with Crippen molar-refractivity contribution < 1.29 is 8.78 Å². The molecule has 2 aromatic rings. The fourth-order valence-electron chi connectivity index (χ4n) is 2.09. The molecule has 0 fully saturated rings. The molecule has 0 spiro atoms. The zero-order valence-corrected chi connectivity index (χ0v) is 11.2. The molecule has 0 amide bonds. The zero-order valence-electron chi connectivity index (χ0n) is 10.5. The summed E-state index contributed by atoms with van der Waals surface area (Å²) in [5.41, 5.74) is 8.72. The average molecular weight is 282 g/mol. The largest absolute Gasteiger partial charge is 0.324 e. The summed E-state index contributed by atoms with van der Waals surface area (Å²) < 4.78 is 26.0. The van der Waals surface area contributed by atoms with Crippen molar-refractivity contribution in [2.45, 2.75) is 19.4 Å². The van der Waals surface area contributed by atoms with E-state index < -0.39 is 11.6 Å². The number of benzene rings is 2. The normalized spacial score (nSPS) is 12.5. The third-order valence-electron chi connectivity index (χ3n) is 3.07. The minimum Gasteiger partial charge on any atom is -0.324 e. The summed E-state index contributed by atoms with van der Waals surface area (Å²) in [7, 11) is 0. The van der Waals surface area contributed by atoms with E-state index in [9.17, 15) is 8.78 Å². The molecular weight excluding hydrogens is 268 g/mol. The summed E-state index contributed by atoms with van der Waals surface area (Å²) in [4.78, 5) is 0. The summed E-state index contributed by atoms with van der Waals surface area (Å²) in [6.07, 6.45) is 0.444. The second-order valence-electron chi connectivity index (χ2n) is 4.56. The maximum Gasteiger partial charge on any atom is 0.159 e. The molecule has 100 valence electrons. The summed E-state index contributed by atoms with van der Waals surface area (Å²) in [5.74, 6) is -1.70. The minimum absolute atomic E-state index is 0.276. The summed E-state index contributed by atoms with van der Waals surface area (Å²) in [5, 5.41) is 0.654. The van der Waals surface area contributed by atoms with Gasteiger partial charge in [-0.15, -0.1) is 0 Å². The molecule has 2 aromatic carbocycles. The molecular formula is C15H14ClF2N. The van der Waals surface area contributed by atoms with Crippen LogP contribution in [0.25, 0.3) is 0 Å². The number of nitrogens with two attached hydrogens (primary N) is 1. The molecule has 1 atom stereocenters. The third kappa shape index (κ3) is 3.31. The lowest BCUT2D eigenvalue weighted by Gasteiger charge is -2.15. The van der Waals surface area contributed by atoms with Crippen LogP contribution in [0, 0.1) is 18.6 Å². The lowest BCUT2D eigenvalue weighted by molar-refractivity contribution is 0.506. The monoisotopic (exact) mass is 281 g/mol. The molecule has 0 aliphatic rings. The predicted molar refractivity (Wildman–Crippen MR) is 73.2 cm³/mol. The molecule has 2 N–H and O–H groups in total. The van der Waals surface area contributed by atoms with E-state index in [0.717, 1.165) is 17.2 Å². The van der Waals surface area contributed by atoms with E-state index in [4.69, 9.17) is 17.3 Å². The van der Waals surface area contributed by atoms with Gasteiger partial charge in [-0.1, -0.05) is 23.7 Å². The maximum atomic E-state index is 13.1. The Hall–Kier alpha value is -1.45. The fraction of sp³-hybridized carbons (Fsp3) is 0.200. The Morgan fingerprint density at radius 2 is 1.84 bits per heavy atom. The number of hydrogen-bond acceptors (Lipinski definition) is 1. The molecule has 4 heteroatoms. The second kappa shape index (κ2) is 5.68. The van der Waals surface area contributed by atoms with Gasteiger partial charge < -0.3 is 5.73 Å². The minimum atomic E-state index is -0.850. The van der Waals surface area contributed by atoms with Gasteiger partial charge in [0.05, 0.1) is 0 Å². The number of rotatable bonds is 3. The quantitative estimate of drug-likeness (QED) is 0.898. The van der Waals surface area contributed by atoms with Crippen LogP contribution in [0.5, 0.6) is 0 Å². The Balaban J connectivity index is 2.20. The summed E-state index contributed by atoms with van der Waals surface area (Å²) in [6.45, 7) is 1.92. The molecule has 0 saturated carbocycles. The third-order valence-corrected chi connectivity index (χ3v) is 3.31. The van der Waals surface area contributed by atoms with Crippen molar-refractivity contribution in [2.75, 3.05) is 0 Å². The standard InChI is InChI=1S/C15H14ClF2N/c1-9-6-11(16)3-4-12(9)15(19)8-10-2-5-13(17)14(18)7-10/h2-7,15H,8,19H2,1H3. The van der Waals surface area contributed by atoms with Gasteiger partial charge in [-0.05, 0) is 54.3 Å². The van der Waals surface area contributed by atoms with Gasteiger partial charge in [0.25, 0.3) is 0 Å². The van der Waals surface area contributed by atoms with Crippen LogP contribution >= 0.6 is 11.6 Å². The van der Waals surface area contributed by atoms with Gasteiger partial charge in [0, 0.05) is 11.1 Å². The van der Waals surface area contributed by atoms with Crippen molar-refractivity contribution in [1.29, 1.82) is 0 Å². The van der Waals surface area contributed by atoms with Gasteiger partial charge in [0.15, 0.2) is 11.6 Å². The molecule has 0 aliphatic carbocycles. The lowest BCUT2D eigenvalue weighted by atomic mass is 9.96. The molecule has 0 aliphatic heterocycles. The Morgan fingerprint density at radius 1 is 1.11 bits per heavy atom. The van der Waals surface area contributed by atoms with Gasteiger partial charge in [0.1, 0.15) is 0 Å². The van der Waals surface area contributed by atoms with Crippen LogP contribution in [-0.2, 0) is 6.42 Å². The zero-order chi connectivity index (χ0) is 14.0. The van der Waals surface area contributed by atoms with Crippen LogP contribution in [0.3, 0.4) is 0 Å². The van der Waals surface area contributed by atoms with E-state index >= 15 is 0 Å². The van der Waals surface area contributed by atoms with E-state index in [0.29, 0.717) is 17.0 Å². The molecule has 0 saturated heterocycles. The molecule has 2 rings (SSSR count). The van der Waals surface area contributed by atoms with Gasteiger partial charge in [-0.2, -0.15) is 0 Å². The highest BCUT2D eigenvalue weighted by molar-refractivity contribution is 6.30. The molecule has 0 radical (unpaired) electrons. The fourth-order valence-corrected chi connectivity index (χ4v) is 2.31. The molecule has 1 unspecified atom stereocenters. The van der Waals surface area contributed by atoms with Crippen molar-refractivity contribution in [1.82, 2.24) is 0 Å². The first-order chi connectivity index (χ1) is 8.97. The molecule has 0 aromatic heterocycles. The topological polar surface area (TPSA) is 26.0 Å². The highest BCUT2D eigenvalue weighted by atomic mass is 35.5. The summed E-state index contributed by atoms with van der Waals surface area (Å²) >= 11 is 5.89. The molecule has 0 heterocycles. The van der Waals surface area contributed by atoms with Crippen LogP contribution in [0.2, 0.25) is 5.02 Å².